The molecular weight excluding hydrogens is 242 g/mol. The molecule has 0 N–H and O–H groups in total. The van der Waals surface area contributed by atoms with E-state index in [4.69, 9.17) is 4.98 Å². The molecule has 20 heavy (non-hydrogen) atoms. The van der Waals surface area contributed by atoms with Gasteiger partial charge in [0.05, 0.1) is 5.52 Å². The van der Waals surface area contributed by atoms with Crippen molar-refractivity contribution in [2.75, 3.05) is 0 Å². The summed E-state index contributed by atoms with van der Waals surface area (Å²) in [6, 6.07) is 17.4. The van der Waals surface area contributed by atoms with Crippen LogP contribution in [-0.4, -0.2) is 4.98 Å². The van der Waals surface area contributed by atoms with E-state index in [9.17, 15) is 0 Å². The van der Waals surface area contributed by atoms with Crippen LogP contribution in [0.1, 0.15) is 23.2 Å². The predicted octanol–water partition coefficient (Wildman–Crippen LogP) is 4.70. The van der Waals surface area contributed by atoms with Gasteiger partial charge in [0.1, 0.15) is 0 Å². The monoisotopic (exact) mass is 259 g/mol. The van der Waals surface area contributed by atoms with Gasteiger partial charge in [0.15, 0.2) is 0 Å². The van der Waals surface area contributed by atoms with Crippen LogP contribution in [0.2, 0.25) is 0 Å². The highest BCUT2D eigenvalue weighted by atomic mass is 14.7. The Morgan fingerprint density at radius 3 is 2.65 bits per heavy atom. The lowest BCUT2D eigenvalue weighted by molar-refractivity contribution is 0.901. The Kier molecular flexibility index (Phi) is 2.59. The first-order valence-electron chi connectivity index (χ1n) is 7.30. The molecule has 0 saturated carbocycles. The molecule has 1 aromatic heterocycles. The van der Waals surface area contributed by atoms with Crippen LogP contribution in [0.15, 0.2) is 48.5 Å². The van der Waals surface area contributed by atoms with Crippen molar-refractivity contribution in [2.24, 2.45) is 0 Å². The van der Waals surface area contributed by atoms with Crippen molar-refractivity contribution in [3.8, 4) is 11.1 Å². The summed E-state index contributed by atoms with van der Waals surface area (Å²) < 4.78 is 0. The third-order valence-corrected chi connectivity index (χ3v) is 4.23. The maximum atomic E-state index is 4.88. The lowest BCUT2D eigenvalue weighted by Crippen LogP contribution is -1.95. The number of rotatable bonds is 1. The zero-order valence-electron chi connectivity index (χ0n) is 11.7. The fourth-order valence-corrected chi connectivity index (χ4v) is 3.31. The summed E-state index contributed by atoms with van der Waals surface area (Å²) in [5, 5.41) is 1.30. The molecule has 98 valence electrons. The molecule has 0 radical (unpaired) electrons. The Labute approximate surface area is 119 Å². The van der Waals surface area contributed by atoms with Crippen LogP contribution >= 0.6 is 0 Å². The van der Waals surface area contributed by atoms with Crippen LogP contribution in [0.3, 0.4) is 0 Å². The molecule has 1 aliphatic rings. The number of aryl methyl sites for hydroxylation is 2. The molecule has 1 nitrogen and oxygen atoms in total. The molecular formula is C19H17N. The Hall–Kier alpha value is -2.15. The van der Waals surface area contributed by atoms with Crippen molar-refractivity contribution >= 4 is 10.9 Å². The fraction of sp³-hybridized carbons (Fsp3) is 0.211. The molecule has 0 atom stereocenters. The van der Waals surface area contributed by atoms with Crippen molar-refractivity contribution in [3.05, 3.63) is 65.4 Å². The number of hydrogen-bond acceptors (Lipinski definition) is 1. The summed E-state index contributed by atoms with van der Waals surface area (Å²) >= 11 is 0. The van der Waals surface area contributed by atoms with Gasteiger partial charge in [-0.25, -0.2) is 0 Å². The van der Waals surface area contributed by atoms with Gasteiger partial charge in [-0.1, -0.05) is 42.0 Å². The lowest BCUT2D eigenvalue weighted by atomic mass is 9.94. The SMILES string of the molecule is Cc1ccc2nc3c(c(-c4ccccc4)c2c1)CCC3. The second-order valence-corrected chi connectivity index (χ2v) is 5.65. The Morgan fingerprint density at radius 2 is 1.80 bits per heavy atom. The van der Waals surface area contributed by atoms with E-state index in [2.05, 4.69) is 55.5 Å². The second kappa shape index (κ2) is 4.45. The fourth-order valence-electron chi connectivity index (χ4n) is 3.31. The third kappa shape index (κ3) is 1.74. The molecule has 3 aromatic rings. The van der Waals surface area contributed by atoms with Gasteiger partial charge < -0.3 is 0 Å². The van der Waals surface area contributed by atoms with E-state index < -0.39 is 0 Å². The standard InChI is InChI=1S/C19H17N/c1-13-10-11-18-16(12-13)19(14-6-3-2-4-7-14)15-8-5-9-17(15)20-18/h2-4,6-7,10-12H,5,8-9H2,1H3. The first kappa shape index (κ1) is 11.7. The number of nitrogens with zero attached hydrogens (tertiary/aromatic N) is 1. The number of aromatic nitrogens is 1. The normalized spacial score (nSPS) is 13.7. The van der Waals surface area contributed by atoms with Gasteiger partial charge in [-0.05, 0) is 55.0 Å². The molecule has 0 bridgehead atoms. The Balaban J connectivity index is 2.13. The number of pyridine rings is 1. The molecule has 0 spiro atoms. The minimum absolute atomic E-state index is 1.12. The van der Waals surface area contributed by atoms with Crippen LogP contribution in [0.25, 0.3) is 22.0 Å². The van der Waals surface area contributed by atoms with Gasteiger partial charge in [-0.15, -0.1) is 0 Å². The topological polar surface area (TPSA) is 12.9 Å². The maximum absolute atomic E-state index is 4.88. The first-order valence-corrected chi connectivity index (χ1v) is 7.30. The summed E-state index contributed by atoms with van der Waals surface area (Å²) in [6.45, 7) is 2.15. The van der Waals surface area contributed by atoms with E-state index in [-0.39, 0.29) is 0 Å². The number of fused-ring (bicyclic) bond motifs is 2. The minimum atomic E-state index is 1.12. The van der Waals surface area contributed by atoms with Crippen LogP contribution in [-0.2, 0) is 12.8 Å². The van der Waals surface area contributed by atoms with Crippen molar-refractivity contribution < 1.29 is 0 Å². The summed E-state index contributed by atoms with van der Waals surface area (Å²) in [7, 11) is 0. The van der Waals surface area contributed by atoms with Gasteiger partial charge in [-0.2, -0.15) is 0 Å². The molecule has 0 saturated heterocycles. The largest absolute Gasteiger partial charge is 0.253 e. The van der Waals surface area contributed by atoms with E-state index in [1.165, 1.54) is 39.8 Å². The zero-order chi connectivity index (χ0) is 13.5. The molecule has 1 heterocycles. The smallest absolute Gasteiger partial charge is 0.0711 e. The molecule has 1 aliphatic carbocycles. The van der Waals surface area contributed by atoms with Gasteiger partial charge in [0.25, 0.3) is 0 Å². The van der Waals surface area contributed by atoms with E-state index in [1.807, 2.05) is 0 Å². The molecule has 0 fully saturated rings. The van der Waals surface area contributed by atoms with Crippen LogP contribution < -0.4 is 0 Å². The van der Waals surface area contributed by atoms with E-state index in [0.717, 1.165) is 18.4 Å². The maximum Gasteiger partial charge on any atom is 0.0711 e. The Bertz CT molecular complexity index is 788. The van der Waals surface area contributed by atoms with Gasteiger partial charge >= 0.3 is 0 Å². The van der Waals surface area contributed by atoms with Crippen LogP contribution in [0, 0.1) is 6.92 Å². The number of hydrogen-bond donors (Lipinski definition) is 0. The Morgan fingerprint density at radius 1 is 0.950 bits per heavy atom. The molecule has 0 amide bonds. The van der Waals surface area contributed by atoms with Crippen molar-refractivity contribution in [1.29, 1.82) is 0 Å². The van der Waals surface area contributed by atoms with E-state index in [1.54, 1.807) is 0 Å². The van der Waals surface area contributed by atoms with Crippen molar-refractivity contribution in [3.63, 3.8) is 0 Å². The minimum Gasteiger partial charge on any atom is -0.253 e. The van der Waals surface area contributed by atoms with E-state index >= 15 is 0 Å². The molecule has 2 aromatic carbocycles. The van der Waals surface area contributed by atoms with Crippen LogP contribution in [0.4, 0.5) is 0 Å². The van der Waals surface area contributed by atoms with Crippen molar-refractivity contribution in [2.45, 2.75) is 26.2 Å². The lowest BCUT2D eigenvalue weighted by Gasteiger charge is -2.13. The highest BCUT2D eigenvalue weighted by Crippen LogP contribution is 2.37. The third-order valence-electron chi connectivity index (χ3n) is 4.23. The predicted molar refractivity (Wildman–Crippen MR) is 83.9 cm³/mol. The molecule has 4 rings (SSSR count). The van der Waals surface area contributed by atoms with Gasteiger partial charge in [0, 0.05) is 11.1 Å². The highest BCUT2D eigenvalue weighted by Gasteiger charge is 2.20. The average molecular weight is 259 g/mol. The second-order valence-electron chi connectivity index (χ2n) is 5.65. The summed E-state index contributed by atoms with van der Waals surface area (Å²) in [6.07, 6.45) is 3.52. The molecule has 1 heteroatoms. The first-order chi connectivity index (χ1) is 9.83. The molecule has 0 aliphatic heterocycles. The highest BCUT2D eigenvalue weighted by molar-refractivity contribution is 5.97. The summed E-state index contributed by atoms with van der Waals surface area (Å²) in [4.78, 5) is 4.88. The van der Waals surface area contributed by atoms with E-state index in [0.29, 0.717) is 0 Å². The summed E-state index contributed by atoms with van der Waals surface area (Å²) in [5.41, 5.74) is 7.94. The summed E-state index contributed by atoms with van der Waals surface area (Å²) in [5.74, 6) is 0. The van der Waals surface area contributed by atoms with Gasteiger partial charge in [-0.3, -0.25) is 4.98 Å². The van der Waals surface area contributed by atoms with Gasteiger partial charge in [0.2, 0.25) is 0 Å². The number of benzene rings is 2. The quantitative estimate of drug-likeness (QED) is 0.617. The van der Waals surface area contributed by atoms with Crippen LogP contribution in [0.5, 0.6) is 0 Å². The average Bonchev–Trinajstić information content (AvgIpc) is 2.93. The molecule has 0 unspecified atom stereocenters. The van der Waals surface area contributed by atoms with Crippen molar-refractivity contribution in [1.82, 2.24) is 4.98 Å². The zero-order valence-corrected chi connectivity index (χ0v) is 11.7.